The minimum Gasteiger partial charge on any atom is -0.339 e. The molecule has 1 aromatic heterocycles. The molecule has 1 aliphatic heterocycles. The summed E-state index contributed by atoms with van der Waals surface area (Å²) in [5.41, 5.74) is 3.95. The summed E-state index contributed by atoms with van der Waals surface area (Å²) in [6, 6.07) is 28.0. The zero-order valence-electron chi connectivity index (χ0n) is 23.1. The zero-order chi connectivity index (χ0) is 27.9. The van der Waals surface area contributed by atoms with E-state index >= 15 is 0 Å². The number of benzene rings is 3. The van der Waals surface area contributed by atoms with Gasteiger partial charge in [0.1, 0.15) is 0 Å². The second-order valence-electron chi connectivity index (χ2n) is 10.00. The number of carbonyl (C=O) groups excluding carboxylic acids is 2. The molecule has 1 atom stereocenters. The zero-order valence-corrected chi connectivity index (χ0v) is 23.9. The smallest absolute Gasteiger partial charge is 0.254 e. The fraction of sp³-hybridized carbons (Fsp3) is 0.312. The predicted molar refractivity (Wildman–Crippen MR) is 160 cm³/mol. The Bertz CT molecular complexity index is 1420. The topological polar surface area (TPSA) is 71.3 Å². The first kappa shape index (κ1) is 27.6. The van der Waals surface area contributed by atoms with Crippen LogP contribution in [0.2, 0.25) is 0 Å². The first-order valence-electron chi connectivity index (χ1n) is 13.9. The molecule has 8 heteroatoms. The van der Waals surface area contributed by atoms with Crippen molar-refractivity contribution < 1.29 is 9.59 Å². The van der Waals surface area contributed by atoms with Gasteiger partial charge in [0.25, 0.3) is 5.91 Å². The van der Waals surface area contributed by atoms with E-state index in [1.807, 2.05) is 89.5 Å². The molecule has 1 fully saturated rings. The number of hydrogen-bond acceptors (Lipinski definition) is 5. The van der Waals surface area contributed by atoms with E-state index in [4.69, 9.17) is 0 Å². The van der Waals surface area contributed by atoms with Crippen LogP contribution < -0.4 is 0 Å². The summed E-state index contributed by atoms with van der Waals surface area (Å²) in [7, 11) is 0. The van der Waals surface area contributed by atoms with Crippen molar-refractivity contribution in [1.29, 1.82) is 0 Å². The van der Waals surface area contributed by atoms with Crippen LogP contribution in [0.15, 0.2) is 90.1 Å². The molecule has 40 heavy (non-hydrogen) atoms. The lowest BCUT2D eigenvalue weighted by atomic mass is 10.0. The minimum atomic E-state index is -0.0344. The van der Waals surface area contributed by atoms with E-state index in [0.29, 0.717) is 31.6 Å². The van der Waals surface area contributed by atoms with Gasteiger partial charge in [-0.3, -0.25) is 9.59 Å². The third-order valence-corrected chi connectivity index (χ3v) is 8.36. The first-order chi connectivity index (χ1) is 19.5. The molecule has 1 aliphatic rings. The van der Waals surface area contributed by atoms with E-state index in [2.05, 4.69) is 33.8 Å². The Labute approximate surface area is 240 Å². The molecule has 206 valence electrons. The SMILES string of the molecule is CCn1c(SCCCC(=O)N2CCN(C(=O)c3ccc(-c4ccccc4)cc3)C(C)C2)nnc1-c1ccccc1. The van der Waals surface area contributed by atoms with Crippen LogP contribution in [-0.4, -0.2) is 67.8 Å². The number of thioether (sulfide) groups is 1. The molecule has 0 spiro atoms. The molecule has 7 nitrogen and oxygen atoms in total. The third kappa shape index (κ3) is 6.28. The van der Waals surface area contributed by atoms with E-state index in [1.165, 1.54) is 0 Å². The Hall–Kier alpha value is -3.91. The predicted octanol–water partition coefficient (Wildman–Crippen LogP) is 5.88. The number of rotatable bonds is 9. The van der Waals surface area contributed by atoms with Crippen molar-refractivity contribution in [2.75, 3.05) is 25.4 Å². The van der Waals surface area contributed by atoms with Crippen LogP contribution >= 0.6 is 11.8 Å². The van der Waals surface area contributed by atoms with Crippen molar-refractivity contribution in [3.63, 3.8) is 0 Å². The molecule has 0 N–H and O–H groups in total. The standard InChI is InChI=1S/C32H35N5O2S/c1-3-36-30(27-13-8-5-9-14-27)33-34-32(36)40-22-10-15-29(38)35-20-21-37(24(2)23-35)31(39)28-18-16-26(17-19-28)25-11-6-4-7-12-25/h4-9,11-14,16-19,24H,3,10,15,20-23H2,1-2H3. The van der Waals surface area contributed by atoms with Crippen LogP contribution in [0.25, 0.3) is 22.5 Å². The highest BCUT2D eigenvalue weighted by Gasteiger charge is 2.30. The number of piperazine rings is 1. The molecule has 5 rings (SSSR count). The monoisotopic (exact) mass is 553 g/mol. The summed E-state index contributed by atoms with van der Waals surface area (Å²) in [5.74, 6) is 1.83. The van der Waals surface area contributed by atoms with Crippen molar-refractivity contribution in [3.8, 4) is 22.5 Å². The molecule has 3 aromatic carbocycles. The summed E-state index contributed by atoms with van der Waals surface area (Å²) in [4.78, 5) is 30.0. The maximum absolute atomic E-state index is 13.2. The Kier molecular flexibility index (Phi) is 8.96. The molecule has 2 heterocycles. The van der Waals surface area contributed by atoms with Crippen molar-refractivity contribution in [3.05, 3.63) is 90.5 Å². The highest BCUT2D eigenvalue weighted by Crippen LogP contribution is 2.25. The van der Waals surface area contributed by atoms with E-state index in [-0.39, 0.29) is 17.9 Å². The van der Waals surface area contributed by atoms with Gasteiger partial charge in [-0.05, 0) is 43.5 Å². The summed E-state index contributed by atoms with van der Waals surface area (Å²) in [5, 5.41) is 9.67. The van der Waals surface area contributed by atoms with Gasteiger partial charge < -0.3 is 14.4 Å². The number of aromatic nitrogens is 3. The first-order valence-corrected chi connectivity index (χ1v) is 14.9. The van der Waals surface area contributed by atoms with Crippen LogP contribution in [0.4, 0.5) is 0 Å². The van der Waals surface area contributed by atoms with Crippen molar-refractivity contribution in [2.45, 2.75) is 44.4 Å². The summed E-state index contributed by atoms with van der Waals surface area (Å²) in [6.07, 6.45) is 1.25. The molecule has 0 saturated carbocycles. The second-order valence-corrected chi connectivity index (χ2v) is 11.1. The van der Waals surface area contributed by atoms with Crippen molar-refractivity contribution in [1.82, 2.24) is 24.6 Å². The molecule has 1 saturated heterocycles. The molecule has 1 unspecified atom stereocenters. The Morgan fingerprint density at radius 3 is 2.15 bits per heavy atom. The Morgan fingerprint density at radius 2 is 1.50 bits per heavy atom. The molecule has 0 aliphatic carbocycles. The fourth-order valence-electron chi connectivity index (χ4n) is 5.11. The lowest BCUT2D eigenvalue weighted by Crippen LogP contribution is -2.55. The third-order valence-electron chi connectivity index (χ3n) is 7.31. The highest BCUT2D eigenvalue weighted by molar-refractivity contribution is 7.99. The van der Waals surface area contributed by atoms with Gasteiger partial charge in [-0.1, -0.05) is 84.6 Å². The van der Waals surface area contributed by atoms with Crippen LogP contribution in [0.5, 0.6) is 0 Å². The largest absolute Gasteiger partial charge is 0.339 e. The van der Waals surface area contributed by atoms with Crippen LogP contribution in [0, 0.1) is 0 Å². The summed E-state index contributed by atoms with van der Waals surface area (Å²) in [6.45, 7) is 6.57. The van der Waals surface area contributed by atoms with Gasteiger partial charge in [-0.2, -0.15) is 0 Å². The summed E-state index contributed by atoms with van der Waals surface area (Å²) < 4.78 is 2.12. The van der Waals surface area contributed by atoms with E-state index in [9.17, 15) is 9.59 Å². The lowest BCUT2D eigenvalue weighted by Gasteiger charge is -2.40. The highest BCUT2D eigenvalue weighted by atomic mass is 32.2. The van der Waals surface area contributed by atoms with Gasteiger partial charge in [0.15, 0.2) is 11.0 Å². The molecule has 2 amide bonds. The van der Waals surface area contributed by atoms with Gasteiger partial charge in [0.05, 0.1) is 0 Å². The van der Waals surface area contributed by atoms with Gasteiger partial charge in [-0.25, -0.2) is 0 Å². The van der Waals surface area contributed by atoms with Crippen LogP contribution in [-0.2, 0) is 11.3 Å². The minimum absolute atomic E-state index is 0.0190. The molecular weight excluding hydrogens is 518 g/mol. The van der Waals surface area contributed by atoms with Gasteiger partial charge in [0, 0.05) is 55.5 Å². The van der Waals surface area contributed by atoms with Gasteiger partial charge in [0.2, 0.25) is 5.91 Å². The van der Waals surface area contributed by atoms with E-state index in [1.54, 1.807) is 11.8 Å². The average molecular weight is 554 g/mol. The number of hydrogen-bond donors (Lipinski definition) is 0. The maximum atomic E-state index is 13.2. The van der Waals surface area contributed by atoms with Crippen LogP contribution in [0.3, 0.4) is 0 Å². The van der Waals surface area contributed by atoms with Gasteiger partial charge in [-0.15, -0.1) is 10.2 Å². The maximum Gasteiger partial charge on any atom is 0.254 e. The van der Waals surface area contributed by atoms with Crippen molar-refractivity contribution in [2.24, 2.45) is 0 Å². The Morgan fingerprint density at radius 1 is 0.850 bits per heavy atom. The molecule has 4 aromatic rings. The normalized spacial score (nSPS) is 15.3. The quantitative estimate of drug-likeness (QED) is 0.191. The van der Waals surface area contributed by atoms with Gasteiger partial charge >= 0.3 is 0 Å². The second kappa shape index (κ2) is 13.0. The molecule has 0 bridgehead atoms. The fourth-order valence-corrected chi connectivity index (χ4v) is 6.06. The summed E-state index contributed by atoms with van der Waals surface area (Å²) >= 11 is 1.64. The van der Waals surface area contributed by atoms with E-state index < -0.39 is 0 Å². The molecule has 0 radical (unpaired) electrons. The molecular formula is C32H35N5O2S. The van der Waals surface area contributed by atoms with E-state index in [0.717, 1.165) is 46.4 Å². The number of carbonyl (C=O) groups is 2. The Balaban J connectivity index is 1.09. The number of nitrogens with zero attached hydrogens (tertiary/aromatic N) is 5. The average Bonchev–Trinajstić information content (AvgIpc) is 3.42. The lowest BCUT2D eigenvalue weighted by molar-refractivity contribution is -0.133. The van der Waals surface area contributed by atoms with Crippen molar-refractivity contribution >= 4 is 23.6 Å². The number of amides is 2. The van der Waals surface area contributed by atoms with Crippen LogP contribution in [0.1, 0.15) is 37.0 Å².